The van der Waals surface area contributed by atoms with Crippen LogP contribution in [0.2, 0.25) is 0 Å². The number of methoxy groups -OCH3 is 1. The Morgan fingerprint density at radius 2 is 1.87 bits per heavy atom. The Morgan fingerprint density at radius 3 is 2.64 bits per heavy atom. The lowest BCUT2D eigenvalue weighted by Crippen LogP contribution is -2.49. The zero-order chi connectivity index (χ0) is 27.4. The van der Waals surface area contributed by atoms with Gasteiger partial charge in [-0.15, -0.1) is 0 Å². The molecule has 204 valence electrons. The van der Waals surface area contributed by atoms with Crippen LogP contribution < -0.4 is 5.32 Å². The maximum Gasteiger partial charge on any atom is 0.410 e. The Labute approximate surface area is 227 Å². The monoisotopic (exact) mass is 530 g/mol. The van der Waals surface area contributed by atoms with Gasteiger partial charge < -0.3 is 24.7 Å². The minimum atomic E-state index is -0.484. The van der Waals surface area contributed by atoms with E-state index in [2.05, 4.69) is 35.1 Å². The number of aromatic nitrogens is 5. The van der Waals surface area contributed by atoms with Gasteiger partial charge in [-0.25, -0.2) is 24.7 Å². The molecule has 0 spiro atoms. The molecule has 4 aromatic rings. The van der Waals surface area contributed by atoms with Crippen molar-refractivity contribution in [1.29, 1.82) is 0 Å². The summed E-state index contributed by atoms with van der Waals surface area (Å²) in [4.78, 5) is 37.6. The van der Waals surface area contributed by atoms with Crippen molar-refractivity contribution in [2.45, 2.75) is 39.5 Å². The van der Waals surface area contributed by atoms with E-state index in [1.807, 2.05) is 57.2 Å². The normalized spacial score (nSPS) is 14.5. The maximum atomic E-state index is 12.3. The lowest BCUT2D eigenvalue weighted by molar-refractivity contribution is 0.0139. The molecule has 4 heterocycles. The van der Waals surface area contributed by atoms with Crippen LogP contribution in [-0.4, -0.2) is 79.7 Å². The average Bonchev–Trinajstić information content (AvgIpc) is 3.30. The van der Waals surface area contributed by atoms with Crippen molar-refractivity contribution in [3.8, 4) is 11.3 Å². The van der Waals surface area contributed by atoms with Crippen molar-refractivity contribution in [3.63, 3.8) is 0 Å². The first-order valence-electron chi connectivity index (χ1n) is 13.0. The van der Waals surface area contributed by atoms with Crippen molar-refractivity contribution in [2.75, 3.05) is 38.6 Å². The van der Waals surface area contributed by atoms with E-state index in [9.17, 15) is 4.79 Å². The highest BCUT2D eigenvalue weighted by molar-refractivity contribution is 5.83. The number of ether oxygens (including phenoxy) is 2. The molecule has 0 radical (unpaired) electrons. The van der Waals surface area contributed by atoms with Crippen molar-refractivity contribution < 1.29 is 14.3 Å². The third kappa shape index (κ3) is 6.87. The van der Waals surface area contributed by atoms with Crippen LogP contribution in [0, 0.1) is 0 Å². The molecule has 0 saturated carbocycles. The molecule has 1 saturated heterocycles. The Hall–Kier alpha value is -4.09. The molecule has 2 N–H and O–H groups in total. The average molecular weight is 531 g/mol. The summed E-state index contributed by atoms with van der Waals surface area (Å²) in [6.07, 6.45) is 3.10. The topological polar surface area (TPSA) is 121 Å². The molecule has 11 heteroatoms. The molecule has 1 amide bonds. The molecule has 0 atom stereocenters. The summed E-state index contributed by atoms with van der Waals surface area (Å²) >= 11 is 0. The van der Waals surface area contributed by atoms with E-state index in [1.54, 1.807) is 24.5 Å². The highest BCUT2D eigenvalue weighted by atomic mass is 16.6. The van der Waals surface area contributed by atoms with E-state index in [-0.39, 0.29) is 6.09 Å². The van der Waals surface area contributed by atoms with Crippen molar-refractivity contribution >= 4 is 28.9 Å². The zero-order valence-electron chi connectivity index (χ0n) is 22.8. The molecule has 39 heavy (non-hydrogen) atoms. The number of benzene rings is 1. The van der Waals surface area contributed by atoms with Crippen molar-refractivity contribution in [1.82, 2.24) is 34.7 Å². The predicted molar refractivity (Wildman–Crippen MR) is 148 cm³/mol. The lowest BCUT2D eigenvalue weighted by Gasteiger charge is -2.35. The summed E-state index contributed by atoms with van der Waals surface area (Å²) in [7, 11) is 1.65. The number of hydrogen-bond acceptors (Lipinski definition) is 9. The molecule has 1 fully saturated rings. The second-order valence-corrected chi connectivity index (χ2v) is 10.6. The zero-order valence-corrected chi connectivity index (χ0v) is 22.8. The lowest BCUT2D eigenvalue weighted by atomic mass is 10.1. The number of hydrogen-bond donors (Lipinski definition) is 2. The number of imidazole rings is 1. The van der Waals surface area contributed by atoms with Gasteiger partial charge in [-0.05, 0) is 56.7 Å². The second kappa shape index (κ2) is 11.3. The van der Waals surface area contributed by atoms with Gasteiger partial charge in [0.2, 0.25) is 5.95 Å². The number of aromatic amines is 1. The van der Waals surface area contributed by atoms with E-state index >= 15 is 0 Å². The van der Waals surface area contributed by atoms with Gasteiger partial charge in [0.25, 0.3) is 0 Å². The van der Waals surface area contributed by atoms with Gasteiger partial charge in [0, 0.05) is 51.6 Å². The number of rotatable bonds is 7. The largest absolute Gasteiger partial charge is 0.444 e. The van der Waals surface area contributed by atoms with Gasteiger partial charge >= 0.3 is 6.09 Å². The molecule has 0 unspecified atom stereocenters. The third-order valence-corrected chi connectivity index (χ3v) is 6.29. The summed E-state index contributed by atoms with van der Waals surface area (Å²) in [5, 5.41) is 3.29. The van der Waals surface area contributed by atoms with Crippen LogP contribution >= 0.6 is 0 Å². The Morgan fingerprint density at radius 1 is 1.05 bits per heavy atom. The van der Waals surface area contributed by atoms with Crippen LogP contribution in [0.1, 0.15) is 32.0 Å². The van der Waals surface area contributed by atoms with E-state index in [0.717, 1.165) is 53.2 Å². The summed E-state index contributed by atoms with van der Waals surface area (Å²) in [6.45, 7) is 9.74. The SMILES string of the molecule is COCc1cc(-c2ccc3nc(Nc4cc(CN5CCN(C(=O)OC(C)(C)C)CC5)ccn4)[nH]c3c2)ncn1. The number of carbonyl (C=O) groups is 1. The number of pyridine rings is 1. The third-order valence-electron chi connectivity index (χ3n) is 6.29. The van der Waals surface area contributed by atoms with Gasteiger partial charge in [0.05, 0.1) is 29.0 Å². The van der Waals surface area contributed by atoms with Crippen LogP contribution in [0.15, 0.2) is 48.9 Å². The minimum absolute atomic E-state index is 0.247. The number of nitrogens with zero attached hydrogens (tertiary/aromatic N) is 6. The van der Waals surface area contributed by atoms with Crippen molar-refractivity contribution in [2.24, 2.45) is 0 Å². The molecular weight excluding hydrogens is 496 g/mol. The number of piperazine rings is 1. The number of anilines is 2. The fourth-order valence-electron chi connectivity index (χ4n) is 4.45. The fraction of sp³-hybridized carbons (Fsp3) is 0.393. The van der Waals surface area contributed by atoms with Gasteiger partial charge in [-0.3, -0.25) is 4.90 Å². The smallest absolute Gasteiger partial charge is 0.410 e. The number of H-pyrrole nitrogens is 1. The highest BCUT2D eigenvalue weighted by Gasteiger charge is 2.25. The van der Waals surface area contributed by atoms with Crippen LogP contribution in [0.5, 0.6) is 0 Å². The van der Waals surface area contributed by atoms with Crippen LogP contribution in [0.3, 0.4) is 0 Å². The summed E-state index contributed by atoms with van der Waals surface area (Å²) in [6, 6.07) is 11.9. The van der Waals surface area contributed by atoms with Crippen molar-refractivity contribution in [3.05, 3.63) is 60.2 Å². The van der Waals surface area contributed by atoms with Crippen LogP contribution in [-0.2, 0) is 22.6 Å². The summed E-state index contributed by atoms with van der Waals surface area (Å²) in [5.41, 5.74) is 4.99. The first-order valence-corrected chi connectivity index (χ1v) is 13.0. The van der Waals surface area contributed by atoms with E-state index in [1.165, 1.54) is 0 Å². The summed E-state index contributed by atoms with van der Waals surface area (Å²) < 4.78 is 10.7. The predicted octanol–water partition coefficient (Wildman–Crippen LogP) is 4.36. The Balaban J connectivity index is 1.21. The van der Waals surface area contributed by atoms with Crippen LogP contribution in [0.25, 0.3) is 22.3 Å². The molecule has 3 aromatic heterocycles. The molecule has 0 aliphatic carbocycles. The first kappa shape index (κ1) is 26.5. The van der Waals surface area contributed by atoms with Gasteiger partial charge in [0.1, 0.15) is 17.7 Å². The standard InChI is InChI=1S/C28H34N8O3/c1-28(2,3)39-27(37)36-11-9-35(10-12-36)16-19-7-8-29-25(13-19)34-26-32-22-6-5-20(14-24(22)33-26)23-15-21(17-38-4)30-18-31-23/h5-8,13-15,18H,9-12,16-17H2,1-4H3,(H2,29,32,33,34). The number of carbonyl (C=O) groups excluding carboxylic acids is 1. The number of nitrogens with one attached hydrogen (secondary N) is 2. The highest BCUT2D eigenvalue weighted by Crippen LogP contribution is 2.24. The molecule has 11 nitrogen and oxygen atoms in total. The van der Waals surface area contributed by atoms with E-state index in [4.69, 9.17) is 9.47 Å². The number of amides is 1. The molecule has 0 bridgehead atoms. The van der Waals surface area contributed by atoms with Gasteiger partial charge in [0.15, 0.2) is 0 Å². The van der Waals surface area contributed by atoms with Crippen LogP contribution in [0.4, 0.5) is 16.6 Å². The minimum Gasteiger partial charge on any atom is -0.444 e. The summed E-state index contributed by atoms with van der Waals surface area (Å²) in [5.74, 6) is 1.32. The molecule has 1 aromatic carbocycles. The quantitative estimate of drug-likeness (QED) is 0.359. The fourth-order valence-corrected chi connectivity index (χ4v) is 4.45. The maximum absolute atomic E-state index is 12.3. The molecule has 1 aliphatic rings. The van der Waals surface area contributed by atoms with Gasteiger partial charge in [-0.1, -0.05) is 6.07 Å². The Kier molecular flexibility index (Phi) is 7.71. The van der Waals surface area contributed by atoms with E-state index < -0.39 is 5.60 Å². The molecular formula is C28H34N8O3. The number of fused-ring (bicyclic) bond motifs is 1. The molecule has 1 aliphatic heterocycles. The molecule has 5 rings (SSSR count). The van der Waals surface area contributed by atoms with E-state index in [0.29, 0.717) is 31.5 Å². The second-order valence-electron chi connectivity index (χ2n) is 10.6. The Bertz CT molecular complexity index is 1440. The van der Waals surface area contributed by atoms with Gasteiger partial charge in [-0.2, -0.15) is 0 Å². The first-order chi connectivity index (χ1) is 18.8.